The lowest BCUT2D eigenvalue weighted by Crippen LogP contribution is -2.46. The van der Waals surface area contributed by atoms with Crippen LogP contribution in [0.4, 0.5) is 4.79 Å². The highest BCUT2D eigenvalue weighted by atomic mass is 16.6. The third kappa shape index (κ3) is 5.60. The molecule has 1 saturated carbocycles. The van der Waals surface area contributed by atoms with Crippen LogP contribution < -0.4 is 10.6 Å². The Morgan fingerprint density at radius 1 is 1.41 bits per heavy atom. The summed E-state index contributed by atoms with van der Waals surface area (Å²) < 4.78 is 5.34. The lowest BCUT2D eigenvalue weighted by atomic mass is 10.1. The average Bonchev–Trinajstić information content (AvgIpc) is 3.26. The SMILES string of the molecule is CC(NCC(NC(=O)OC(C)(C)C)C1CC1)c1cnccn1. The van der Waals surface area contributed by atoms with Gasteiger partial charge in [0.2, 0.25) is 0 Å². The Bertz CT molecular complexity index is 483. The van der Waals surface area contributed by atoms with E-state index in [1.807, 2.05) is 27.7 Å². The first kappa shape index (κ1) is 16.7. The molecule has 6 heteroatoms. The zero-order chi connectivity index (χ0) is 16.2. The van der Waals surface area contributed by atoms with Crippen LogP contribution >= 0.6 is 0 Å². The fourth-order valence-corrected chi connectivity index (χ4v) is 2.24. The second-order valence-electron chi connectivity index (χ2n) is 6.85. The molecule has 0 spiro atoms. The van der Waals surface area contributed by atoms with Crippen molar-refractivity contribution in [2.45, 2.75) is 58.2 Å². The van der Waals surface area contributed by atoms with Crippen LogP contribution in [0.15, 0.2) is 18.6 Å². The van der Waals surface area contributed by atoms with Crippen molar-refractivity contribution < 1.29 is 9.53 Å². The molecule has 6 nitrogen and oxygen atoms in total. The van der Waals surface area contributed by atoms with Gasteiger partial charge in [0.1, 0.15) is 5.60 Å². The number of hydrogen-bond donors (Lipinski definition) is 2. The summed E-state index contributed by atoms with van der Waals surface area (Å²) in [6.45, 7) is 8.34. The maximum atomic E-state index is 11.9. The Labute approximate surface area is 132 Å². The van der Waals surface area contributed by atoms with Crippen molar-refractivity contribution in [3.05, 3.63) is 24.3 Å². The zero-order valence-corrected chi connectivity index (χ0v) is 13.8. The summed E-state index contributed by atoms with van der Waals surface area (Å²) in [6.07, 6.45) is 7.06. The van der Waals surface area contributed by atoms with Gasteiger partial charge in [-0.3, -0.25) is 9.97 Å². The number of hydrogen-bond acceptors (Lipinski definition) is 5. The highest BCUT2D eigenvalue weighted by Gasteiger charge is 2.33. The molecule has 0 saturated heterocycles. The monoisotopic (exact) mass is 306 g/mol. The third-order valence-corrected chi connectivity index (χ3v) is 3.56. The van der Waals surface area contributed by atoms with Crippen LogP contribution in [-0.4, -0.2) is 34.2 Å². The van der Waals surface area contributed by atoms with Gasteiger partial charge < -0.3 is 15.4 Å². The fourth-order valence-electron chi connectivity index (χ4n) is 2.24. The predicted molar refractivity (Wildman–Crippen MR) is 84.3 cm³/mol. The molecule has 0 radical (unpaired) electrons. The number of alkyl carbamates (subject to hydrolysis) is 1. The molecule has 0 bridgehead atoms. The maximum Gasteiger partial charge on any atom is 0.407 e. The van der Waals surface area contributed by atoms with Gasteiger partial charge in [-0.1, -0.05) is 0 Å². The molecule has 22 heavy (non-hydrogen) atoms. The highest BCUT2D eigenvalue weighted by Crippen LogP contribution is 2.32. The Morgan fingerprint density at radius 2 is 2.14 bits per heavy atom. The molecule has 2 rings (SSSR count). The first-order valence-electron chi connectivity index (χ1n) is 7.84. The molecule has 1 aliphatic rings. The average molecular weight is 306 g/mol. The number of carbonyl (C=O) groups excluding carboxylic acids is 1. The van der Waals surface area contributed by atoms with E-state index in [0.717, 1.165) is 18.5 Å². The summed E-state index contributed by atoms with van der Waals surface area (Å²) in [4.78, 5) is 20.3. The van der Waals surface area contributed by atoms with Gasteiger partial charge in [-0.25, -0.2) is 4.79 Å². The van der Waals surface area contributed by atoms with E-state index in [0.29, 0.717) is 12.5 Å². The topological polar surface area (TPSA) is 76.1 Å². The van der Waals surface area contributed by atoms with Crippen LogP contribution in [0, 0.1) is 5.92 Å². The van der Waals surface area contributed by atoms with Crippen LogP contribution in [-0.2, 0) is 4.74 Å². The largest absolute Gasteiger partial charge is 0.444 e. The number of ether oxygens (including phenoxy) is 1. The van der Waals surface area contributed by atoms with E-state index in [2.05, 4.69) is 20.6 Å². The summed E-state index contributed by atoms with van der Waals surface area (Å²) in [6, 6.07) is 0.185. The first-order chi connectivity index (χ1) is 10.3. The van der Waals surface area contributed by atoms with Crippen LogP contribution in [0.25, 0.3) is 0 Å². The van der Waals surface area contributed by atoms with Crippen LogP contribution in [0.3, 0.4) is 0 Å². The van der Waals surface area contributed by atoms with Gasteiger partial charge in [-0.2, -0.15) is 0 Å². The molecule has 1 fully saturated rings. The van der Waals surface area contributed by atoms with Crippen LogP contribution in [0.5, 0.6) is 0 Å². The van der Waals surface area contributed by atoms with Crippen molar-refractivity contribution in [1.29, 1.82) is 0 Å². The van der Waals surface area contributed by atoms with E-state index in [-0.39, 0.29) is 18.2 Å². The molecule has 1 aromatic rings. The van der Waals surface area contributed by atoms with Crippen molar-refractivity contribution in [3.8, 4) is 0 Å². The van der Waals surface area contributed by atoms with Crippen molar-refractivity contribution in [2.75, 3.05) is 6.54 Å². The number of amides is 1. The van der Waals surface area contributed by atoms with E-state index in [1.54, 1.807) is 18.6 Å². The number of nitrogens with one attached hydrogen (secondary N) is 2. The van der Waals surface area contributed by atoms with Crippen molar-refractivity contribution >= 4 is 6.09 Å². The fraction of sp³-hybridized carbons (Fsp3) is 0.688. The van der Waals surface area contributed by atoms with Gasteiger partial charge >= 0.3 is 6.09 Å². The highest BCUT2D eigenvalue weighted by molar-refractivity contribution is 5.68. The quantitative estimate of drug-likeness (QED) is 0.844. The molecule has 2 atom stereocenters. The molecule has 0 aromatic carbocycles. The lowest BCUT2D eigenvalue weighted by Gasteiger charge is -2.25. The zero-order valence-electron chi connectivity index (χ0n) is 13.8. The molecule has 1 aliphatic carbocycles. The van der Waals surface area contributed by atoms with Crippen molar-refractivity contribution in [3.63, 3.8) is 0 Å². The van der Waals surface area contributed by atoms with E-state index in [9.17, 15) is 4.79 Å². The van der Waals surface area contributed by atoms with Crippen molar-refractivity contribution in [2.24, 2.45) is 5.92 Å². The van der Waals surface area contributed by atoms with Crippen molar-refractivity contribution in [1.82, 2.24) is 20.6 Å². The minimum Gasteiger partial charge on any atom is -0.444 e. The lowest BCUT2D eigenvalue weighted by molar-refractivity contribution is 0.0497. The van der Waals surface area contributed by atoms with Gasteiger partial charge in [0, 0.05) is 37.2 Å². The van der Waals surface area contributed by atoms with Gasteiger partial charge in [-0.05, 0) is 46.5 Å². The smallest absolute Gasteiger partial charge is 0.407 e. The van der Waals surface area contributed by atoms with Crippen LogP contribution in [0.1, 0.15) is 52.3 Å². The van der Waals surface area contributed by atoms with Gasteiger partial charge in [0.05, 0.1) is 5.69 Å². The van der Waals surface area contributed by atoms with Crippen LogP contribution in [0.2, 0.25) is 0 Å². The Balaban J connectivity index is 1.83. The second-order valence-corrected chi connectivity index (χ2v) is 6.85. The first-order valence-corrected chi connectivity index (χ1v) is 7.84. The molecule has 2 unspecified atom stereocenters. The Morgan fingerprint density at radius 3 is 2.68 bits per heavy atom. The molecular weight excluding hydrogens is 280 g/mol. The minimum absolute atomic E-state index is 0.0916. The molecule has 1 heterocycles. The van der Waals surface area contributed by atoms with E-state index >= 15 is 0 Å². The minimum atomic E-state index is -0.474. The molecule has 2 N–H and O–H groups in total. The molecule has 0 aliphatic heterocycles. The molecular formula is C16H26N4O2. The molecule has 1 aromatic heterocycles. The summed E-state index contributed by atoms with van der Waals surface area (Å²) in [5.41, 5.74) is 0.424. The maximum absolute atomic E-state index is 11.9. The van der Waals surface area contributed by atoms with Gasteiger partial charge in [0.15, 0.2) is 0 Å². The van der Waals surface area contributed by atoms with E-state index in [4.69, 9.17) is 4.74 Å². The molecule has 122 valence electrons. The third-order valence-electron chi connectivity index (χ3n) is 3.56. The normalized spacial score (nSPS) is 17.6. The van der Waals surface area contributed by atoms with E-state index in [1.165, 1.54) is 0 Å². The summed E-state index contributed by atoms with van der Waals surface area (Å²) in [5, 5.41) is 6.40. The summed E-state index contributed by atoms with van der Waals surface area (Å²) in [7, 11) is 0. The van der Waals surface area contributed by atoms with E-state index < -0.39 is 5.60 Å². The summed E-state index contributed by atoms with van der Waals surface area (Å²) in [5.74, 6) is 0.536. The molecule has 1 amide bonds. The number of nitrogens with zero attached hydrogens (tertiary/aromatic N) is 2. The summed E-state index contributed by atoms with van der Waals surface area (Å²) >= 11 is 0. The number of aromatic nitrogens is 2. The Hall–Kier alpha value is -1.69. The van der Waals surface area contributed by atoms with Gasteiger partial charge in [-0.15, -0.1) is 0 Å². The number of rotatable bonds is 6. The number of carbonyl (C=O) groups is 1. The van der Waals surface area contributed by atoms with Gasteiger partial charge in [0.25, 0.3) is 0 Å². The predicted octanol–water partition coefficient (Wildman–Crippen LogP) is 2.43. The second kappa shape index (κ2) is 7.05. The Kier molecular flexibility index (Phi) is 5.34. The standard InChI is InChI=1S/C16H26N4O2/c1-11(13-9-17-7-8-18-13)19-10-14(12-5-6-12)20-15(21)22-16(2,3)4/h7-9,11-12,14,19H,5-6,10H2,1-4H3,(H,20,21).